The average molecular weight is 262 g/mol. The van der Waals surface area contributed by atoms with E-state index >= 15 is 0 Å². The van der Waals surface area contributed by atoms with Gasteiger partial charge in [0.05, 0.1) is 10.9 Å². The SMILES string of the molecule is CCCCCc1nc(C(=O)O)c2c(F)cccc2n1. The molecule has 2 aromatic rings. The number of fused-ring (bicyclic) bond motifs is 1. The van der Waals surface area contributed by atoms with E-state index in [2.05, 4.69) is 16.9 Å². The first kappa shape index (κ1) is 13.4. The van der Waals surface area contributed by atoms with Crippen LogP contribution in [0.4, 0.5) is 4.39 Å². The van der Waals surface area contributed by atoms with Crippen molar-refractivity contribution in [2.24, 2.45) is 0 Å². The molecule has 0 atom stereocenters. The molecule has 0 aliphatic rings. The van der Waals surface area contributed by atoms with Crippen LogP contribution in [0, 0.1) is 5.82 Å². The van der Waals surface area contributed by atoms with E-state index in [0.717, 1.165) is 19.3 Å². The van der Waals surface area contributed by atoms with Gasteiger partial charge in [0.2, 0.25) is 0 Å². The van der Waals surface area contributed by atoms with Crippen molar-refractivity contribution >= 4 is 16.9 Å². The number of benzene rings is 1. The fourth-order valence-corrected chi connectivity index (χ4v) is 1.99. The van der Waals surface area contributed by atoms with Crippen molar-refractivity contribution in [3.05, 3.63) is 35.5 Å². The predicted octanol–water partition coefficient (Wildman–Crippen LogP) is 3.20. The maximum absolute atomic E-state index is 13.7. The van der Waals surface area contributed by atoms with Crippen LogP contribution in [0.3, 0.4) is 0 Å². The lowest BCUT2D eigenvalue weighted by molar-refractivity contribution is 0.0692. The largest absolute Gasteiger partial charge is 0.476 e. The van der Waals surface area contributed by atoms with Gasteiger partial charge in [0, 0.05) is 6.42 Å². The molecule has 1 heterocycles. The summed E-state index contributed by atoms with van der Waals surface area (Å²) in [5.74, 6) is -1.37. The zero-order chi connectivity index (χ0) is 13.8. The molecule has 1 aromatic heterocycles. The molecule has 0 saturated heterocycles. The molecule has 0 spiro atoms. The van der Waals surface area contributed by atoms with Crippen molar-refractivity contribution < 1.29 is 14.3 Å². The zero-order valence-corrected chi connectivity index (χ0v) is 10.7. The topological polar surface area (TPSA) is 63.1 Å². The van der Waals surface area contributed by atoms with E-state index in [9.17, 15) is 9.18 Å². The van der Waals surface area contributed by atoms with Gasteiger partial charge in [-0.1, -0.05) is 25.8 Å². The average Bonchev–Trinajstić information content (AvgIpc) is 2.38. The number of carboxylic acids is 1. The number of carbonyl (C=O) groups is 1. The van der Waals surface area contributed by atoms with Crippen molar-refractivity contribution in [3.63, 3.8) is 0 Å². The molecule has 1 aromatic carbocycles. The van der Waals surface area contributed by atoms with Crippen LogP contribution in [-0.4, -0.2) is 21.0 Å². The number of halogens is 1. The molecule has 2 rings (SSSR count). The highest BCUT2D eigenvalue weighted by Gasteiger charge is 2.16. The summed E-state index contributed by atoms with van der Waals surface area (Å²) >= 11 is 0. The summed E-state index contributed by atoms with van der Waals surface area (Å²) in [6.07, 6.45) is 3.61. The summed E-state index contributed by atoms with van der Waals surface area (Å²) < 4.78 is 13.7. The quantitative estimate of drug-likeness (QED) is 0.840. The van der Waals surface area contributed by atoms with Gasteiger partial charge in [0.15, 0.2) is 5.69 Å². The van der Waals surface area contributed by atoms with Crippen molar-refractivity contribution in [1.29, 1.82) is 0 Å². The normalized spacial score (nSPS) is 10.8. The summed E-state index contributed by atoms with van der Waals surface area (Å²) in [6, 6.07) is 4.34. The maximum atomic E-state index is 13.7. The monoisotopic (exact) mass is 262 g/mol. The van der Waals surface area contributed by atoms with Gasteiger partial charge in [-0.15, -0.1) is 0 Å². The van der Waals surface area contributed by atoms with Crippen LogP contribution in [0.5, 0.6) is 0 Å². The van der Waals surface area contributed by atoms with Crippen molar-refractivity contribution in [3.8, 4) is 0 Å². The number of nitrogens with zero attached hydrogens (tertiary/aromatic N) is 2. The van der Waals surface area contributed by atoms with Gasteiger partial charge in [0.25, 0.3) is 0 Å². The Morgan fingerprint density at radius 3 is 2.79 bits per heavy atom. The summed E-state index contributed by atoms with van der Waals surface area (Å²) in [5, 5.41) is 9.13. The third-order valence-corrected chi connectivity index (χ3v) is 2.93. The van der Waals surface area contributed by atoms with Gasteiger partial charge in [0.1, 0.15) is 11.6 Å². The van der Waals surface area contributed by atoms with Crippen LogP contribution in [0.25, 0.3) is 10.9 Å². The molecule has 0 saturated carbocycles. The first-order chi connectivity index (χ1) is 9.13. The van der Waals surface area contributed by atoms with Gasteiger partial charge < -0.3 is 5.11 Å². The lowest BCUT2D eigenvalue weighted by Gasteiger charge is -2.06. The van der Waals surface area contributed by atoms with E-state index < -0.39 is 11.8 Å². The van der Waals surface area contributed by atoms with E-state index in [0.29, 0.717) is 17.8 Å². The van der Waals surface area contributed by atoms with E-state index in [1.165, 1.54) is 12.1 Å². The second-order valence-corrected chi connectivity index (χ2v) is 4.38. The summed E-state index contributed by atoms with van der Waals surface area (Å²) in [6.45, 7) is 2.08. The Balaban J connectivity index is 2.49. The van der Waals surface area contributed by atoms with E-state index in [4.69, 9.17) is 5.11 Å². The Bertz CT molecular complexity index is 614. The number of hydrogen-bond acceptors (Lipinski definition) is 3. The lowest BCUT2D eigenvalue weighted by Crippen LogP contribution is -2.08. The fraction of sp³-hybridized carbons (Fsp3) is 0.357. The number of rotatable bonds is 5. The molecule has 19 heavy (non-hydrogen) atoms. The molecular weight excluding hydrogens is 247 g/mol. The van der Waals surface area contributed by atoms with Crippen LogP contribution < -0.4 is 0 Å². The molecule has 0 unspecified atom stereocenters. The molecule has 5 heteroatoms. The standard InChI is InChI=1S/C14H15FN2O2/c1-2-3-4-8-11-16-10-7-5-6-9(15)12(10)13(17-11)14(18)19/h5-7H,2-4,8H2,1H3,(H,18,19). The Hall–Kier alpha value is -2.04. The van der Waals surface area contributed by atoms with Crippen LogP contribution >= 0.6 is 0 Å². The summed E-state index contributed by atoms with van der Waals surface area (Å²) in [5.41, 5.74) is 0.0912. The highest BCUT2D eigenvalue weighted by molar-refractivity contribution is 6.00. The Kier molecular flexibility index (Phi) is 4.04. The number of hydrogen-bond donors (Lipinski definition) is 1. The minimum absolute atomic E-state index is 0.0192. The molecule has 100 valence electrons. The van der Waals surface area contributed by atoms with Crippen LogP contribution in [-0.2, 0) is 6.42 Å². The second kappa shape index (κ2) is 5.73. The predicted molar refractivity (Wildman–Crippen MR) is 69.7 cm³/mol. The van der Waals surface area contributed by atoms with Gasteiger partial charge in [-0.3, -0.25) is 0 Å². The number of aromatic carboxylic acids is 1. The fourth-order valence-electron chi connectivity index (χ4n) is 1.99. The van der Waals surface area contributed by atoms with Gasteiger partial charge >= 0.3 is 5.97 Å². The molecular formula is C14H15FN2O2. The molecule has 0 bridgehead atoms. The van der Waals surface area contributed by atoms with Crippen LogP contribution in [0.15, 0.2) is 18.2 Å². The van der Waals surface area contributed by atoms with E-state index in [1.54, 1.807) is 6.07 Å². The maximum Gasteiger partial charge on any atom is 0.355 e. The smallest absolute Gasteiger partial charge is 0.355 e. The Morgan fingerprint density at radius 1 is 1.32 bits per heavy atom. The van der Waals surface area contributed by atoms with Crippen molar-refractivity contribution in [1.82, 2.24) is 9.97 Å². The number of carboxylic acid groups (broad SMARTS) is 1. The lowest BCUT2D eigenvalue weighted by atomic mass is 10.1. The minimum Gasteiger partial charge on any atom is -0.476 e. The van der Waals surface area contributed by atoms with E-state index in [-0.39, 0.29) is 11.1 Å². The van der Waals surface area contributed by atoms with Crippen molar-refractivity contribution in [2.45, 2.75) is 32.6 Å². The Morgan fingerprint density at radius 2 is 2.11 bits per heavy atom. The zero-order valence-electron chi connectivity index (χ0n) is 10.7. The highest BCUT2D eigenvalue weighted by Crippen LogP contribution is 2.20. The molecule has 4 nitrogen and oxygen atoms in total. The molecule has 0 radical (unpaired) electrons. The number of unbranched alkanes of at least 4 members (excludes halogenated alkanes) is 2. The third-order valence-electron chi connectivity index (χ3n) is 2.93. The van der Waals surface area contributed by atoms with E-state index in [1.807, 2.05) is 0 Å². The van der Waals surface area contributed by atoms with Crippen LogP contribution in [0.2, 0.25) is 0 Å². The summed E-state index contributed by atoms with van der Waals surface area (Å²) in [4.78, 5) is 19.4. The number of aryl methyl sites for hydroxylation is 1. The van der Waals surface area contributed by atoms with Crippen molar-refractivity contribution in [2.75, 3.05) is 0 Å². The molecule has 0 aliphatic carbocycles. The molecule has 1 N–H and O–H groups in total. The first-order valence-electron chi connectivity index (χ1n) is 6.32. The Labute approximate surface area is 110 Å². The van der Waals surface area contributed by atoms with Gasteiger partial charge in [-0.2, -0.15) is 0 Å². The molecule has 0 aliphatic heterocycles. The second-order valence-electron chi connectivity index (χ2n) is 4.38. The molecule has 0 fully saturated rings. The van der Waals surface area contributed by atoms with Crippen LogP contribution in [0.1, 0.15) is 42.5 Å². The van der Waals surface area contributed by atoms with Gasteiger partial charge in [-0.05, 0) is 18.6 Å². The molecule has 0 amide bonds. The minimum atomic E-state index is -1.23. The highest BCUT2D eigenvalue weighted by atomic mass is 19.1. The first-order valence-corrected chi connectivity index (χ1v) is 6.32. The van der Waals surface area contributed by atoms with Gasteiger partial charge in [-0.25, -0.2) is 19.2 Å². The third kappa shape index (κ3) is 2.86. The summed E-state index contributed by atoms with van der Waals surface area (Å²) in [7, 11) is 0. The number of aromatic nitrogens is 2.